The number of halogens is 3. The van der Waals surface area contributed by atoms with Crippen molar-refractivity contribution in [3.8, 4) is 34.5 Å². The monoisotopic (exact) mass is 505 g/mol. The van der Waals surface area contributed by atoms with E-state index in [1.165, 1.54) is 24.1 Å². The molecule has 0 atom stereocenters. The minimum Gasteiger partial charge on any atom is -0.494 e. The van der Waals surface area contributed by atoms with E-state index in [9.17, 15) is 18.3 Å². The molecule has 0 aromatic carbocycles. The van der Waals surface area contributed by atoms with Crippen LogP contribution >= 0.6 is 0 Å². The normalized spacial score (nSPS) is 11.8. The van der Waals surface area contributed by atoms with Gasteiger partial charge in [-0.1, -0.05) is 0 Å². The number of hydrogen-bond donors (Lipinski definition) is 1. The molecule has 0 aliphatic rings. The van der Waals surface area contributed by atoms with E-state index < -0.39 is 12.7 Å². The van der Waals surface area contributed by atoms with Gasteiger partial charge < -0.3 is 19.3 Å². The molecule has 1 N–H and O–H groups in total. The van der Waals surface area contributed by atoms with Crippen LogP contribution in [0.3, 0.4) is 0 Å². The van der Waals surface area contributed by atoms with Crippen LogP contribution in [0.15, 0.2) is 36.9 Å². The van der Waals surface area contributed by atoms with Gasteiger partial charge in [-0.25, -0.2) is 9.97 Å². The molecule has 9 nitrogen and oxygen atoms in total. The molecule has 4 rings (SSSR count). The second-order valence-electron chi connectivity index (χ2n) is 8.05. The summed E-state index contributed by atoms with van der Waals surface area (Å²) in [4.78, 5) is 9.01. The maximum Gasteiger partial charge on any atom is 0.408 e. The zero-order valence-electron chi connectivity index (χ0n) is 20.0. The highest BCUT2D eigenvalue weighted by atomic mass is 19.4. The van der Waals surface area contributed by atoms with Crippen LogP contribution in [0.25, 0.3) is 27.8 Å². The van der Waals surface area contributed by atoms with E-state index in [0.29, 0.717) is 60.0 Å². The summed E-state index contributed by atoms with van der Waals surface area (Å²) < 4.78 is 56.6. The predicted molar refractivity (Wildman–Crippen MR) is 126 cm³/mol. The van der Waals surface area contributed by atoms with Crippen LogP contribution in [0.5, 0.6) is 17.5 Å². The van der Waals surface area contributed by atoms with Crippen molar-refractivity contribution in [2.24, 2.45) is 0 Å². The molecular weight excluding hydrogens is 479 g/mol. The van der Waals surface area contributed by atoms with Crippen molar-refractivity contribution in [2.45, 2.75) is 33.0 Å². The number of aromatic hydroxyl groups is 1. The van der Waals surface area contributed by atoms with E-state index in [1.54, 1.807) is 24.5 Å². The largest absolute Gasteiger partial charge is 0.494 e. The van der Waals surface area contributed by atoms with Gasteiger partial charge in [0.05, 0.1) is 42.2 Å². The van der Waals surface area contributed by atoms with Gasteiger partial charge in [0.2, 0.25) is 5.88 Å². The maximum absolute atomic E-state index is 12.7. The Kier molecular flexibility index (Phi) is 7.34. The van der Waals surface area contributed by atoms with Crippen LogP contribution in [0.2, 0.25) is 0 Å². The molecule has 0 fully saturated rings. The molecule has 0 unspecified atom stereocenters. The Balaban J connectivity index is 1.62. The second kappa shape index (κ2) is 10.4. The van der Waals surface area contributed by atoms with Crippen LogP contribution in [-0.2, 0) is 11.3 Å². The summed E-state index contributed by atoms with van der Waals surface area (Å²) in [6.07, 6.45) is 1.95. The minimum absolute atomic E-state index is 0.139. The average Bonchev–Trinajstić information content (AvgIpc) is 3.41. The first-order valence-electron chi connectivity index (χ1n) is 11.3. The molecular formula is C24H26F3N5O4. The molecule has 0 bridgehead atoms. The molecule has 0 spiro atoms. The summed E-state index contributed by atoms with van der Waals surface area (Å²) in [5.74, 6) is 0.663. The highest BCUT2D eigenvalue weighted by Gasteiger charge is 2.28. The number of fused-ring (bicyclic) bond motifs is 1. The molecule has 4 aromatic rings. The number of methoxy groups -OCH3 is 1. The van der Waals surface area contributed by atoms with E-state index in [0.717, 1.165) is 10.2 Å². The maximum atomic E-state index is 12.7. The van der Waals surface area contributed by atoms with Crippen molar-refractivity contribution in [3.05, 3.63) is 42.5 Å². The molecule has 12 heteroatoms. The lowest BCUT2D eigenvalue weighted by atomic mass is 10.1. The van der Waals surface area contributed by atoms with Gasteiger partial charge >= 0.3 is 6.18 Å². The van der Waals surface area contributed by atoms with E-state index >= 15 is 0 Å². The van der Waals surface area contributed by atoms with E-state index in [4.69, 9.17) is 14.2 Å². The Labute approximate surface area is 205 Å². The van der Waals surface area contributed by atoms with E-state index in [2.05, 4.69) is 15.1 Å². The van der Waals surface area contributed by atoms with Crippen molar-refractivity contribution in [3.63, 3.8) is 0 Å². The summed E-state index contributed by atoms with van der Waals surface area (Å²) in [6.45, 7) is 4.19. The number of nitrogens with zero attached hydrogens (tertiary/aromatic N) is 5. The summed E-state index contributed by atoms with van der Waals surface area (Å²) in [6, 6.07) is 3.55. The lowest BCUT2D eigenvalue weighted by Gasteiger charge is -2.11. The second-order valence-corrected chi connectivity index (χ2v) is 8.05. The molecule has 0 aliphatic carbocycles. The fourth-order valence-electron chi connectivity index (χ4n) is 3.78. The third-order valence-electron chi connectivity index (χ3n) is 5.40. The van der Waals surface area contributed by atoms with Gasteiger partial charge in [-0.3, -0.25) is 9.25 Å². The highest BCUT2D eigenvalue weighted by molar-refractivity contribution is 5.90. The average molecular weight is 505 g/mol. The van der Waals surface area contributed by atoms with Crippen molar-refractivity contribution in [2.75, 3.05) is 26.9 Å². The SMILES string of the molecule is CCOCCCOc1ncc(-c2cc(C)c3c(O)n(-c4cnn(CC(F)(F)F)c4)cc3n2)cc1OC. The Morgan fingerprint density at radius 3 is 2.64 bits per heavy atom. The molecule has 4 heterocycles. The Hall–Kier alpha value is -3.80. The predicted octanol–water partition coefficient (Wildman–Crippen LogP) is 4.67. The number of pyridine rings is 2. The Morgan fingerprint density at radius 2 is 1.92 bits per heavy atom. The lowest BCUT2D eigenvalue weighted by Crippen LogP contribution is -2.17. The van der Waals surface area contributed by atoms with Crippen molar-refractivity contribution in [1.29, 1.82) is 0 Å². The first kappa shape index (κ1) is 25.3. The topological polar surface area (TPSA) is 96.5 Å². The van der Waals surface area contributed by atoms with Gasteiger partial charge in [0.15, 0.2) is 5.75 Å². The van der Waals surface area contributed by atoms with Crippen LogP contribution in [-0.4, -0.2) is 62.5 Å². The van der Waals surface area contributed by atoms with Gasteiger partial charge in [0.1, 0.15) is 6.54 Å². The molecule has 0 saturated carbocycles. The summed E-state index contributed by atoms with van der Waals surface area (Å²) >= 11 is 0. The van der Waals surface area contributed by atoms with Crippen LogP contribution in [0.4, 0.5) is 13.2 Å². The quantitative estimate of drug-likeness (QED) is 0.313. The molecule has 0 aliphatic heterocycles. The van der Waals surface area contributed by atoms with Crippen molar-refractivity contribution >= 4 is 10.9 Å². The van der Waals surface area contributed by atoms with Crippen LogP contribution < -0.4 is 9.47 Å². The van der Waals surface area contributed by atoms with Crippen LogP contribution in [0.1, 0.15) is 18.9 Å². The Bertz CT molecular complexity index is 1350. The first-order valence-corrected chi connectivity index (χ1v) is 11.3. The number of hydrogen-bond acceptors (Lipinski definition) is 7. The van der Waals surface area contributed by atoms with Gasteiger partial charge in [-0.15, -0.1) is 0 Å². The first-order chi connectivity index (χ1) is 17.2. The summed E-state index contributed by atoms with van der Waals surface area (Å²) in [7, 11) is 1.52. The third-order valence-corrected chi connectivity index (χ3v) is 5.40. The van der Waals surface area contributed by atoms with Gasteiger partial charge in [-0.2, -0.15) is 18.3 Å². The molecule has 0 saturated heterocycles. The molecule has 36 heavy (non-hydrogen) atoms. The van der Waals surface area contributed by atoms with E-state index in [1.807, 2.05) is 13.8 Å². The van der Waals surface area contributed by atoms with Crippen molar-refractivity contribution in [1.82, 2.24) is 24.3 Å². The fourth-order valence-corrected chi connectivity index (χ4v) is 3.78. The molecule has 0 amide bonds. The lowest BCUT2D eigenvalue weighted by molar-refractivity contribution is -0.142. The van der Waals surface area contributed by atoms with Crippen LogP contribution in [0, 0.1) is 6.92 Å². The van der Waals surface area contributed by atoms with Gasteiger partial charge in [0, 0.05) is 43.8 Å². The fraction of sp³-hybridized carbons (Fsp3) is 0.375. The smallest absolute Gasteiger partial charge is 0.408 e. The number of rotatable bonds is 10. The number of aryl methyl sites for hydroxylation is 1. The van der Waals surface area contributed by atoms with Crippen molar-refractivity contribution < 1.29 is 32.5 Å². The number of aromatic nitrogens is 5. The number of ether oxygens (including phenoxy) is 3. The minimum atomic E-state index is -4.40. The van der Waals surface area contributed by atoms with Gasteiger partial charge in [-0.05, 0) is 31.5 Å². The summed E-state index contributed by atoms with van der Waals surface area (Å²) in [5, 5.41) is 15.0. The highest BCUT2D eigenvalue weighted by Crippen LogP contribution is 2.35. The zero-order chi connectivity index (χ0) is 25.9. The Morgan fingerprint density at radius 1 is 1.11 bits per heavy atom. The zero-order valence-corrected chi connectivity index (χ0v) is 20.0. The third kappa shape index (κ3) is 5.54. The van der Waals surface area contributed by atoms with Gasteiger partial charge in [0.25, 0.3) is 5.88 Å². The van der Waals surface area contributed by atoms with E-state index in [-0.39, 0.29) is 11.6 Å². The molecule has 192 valence electrons. The summed E-state index contributed by atoms with van der Waals surface area (Å²) in [5.41, 5.74) is 2.72. The molecule has 0 radical (unpaired) electrons. The molecule has 4 aromatic heterocycles. The number of alkyl halides is 3. The standard InChI is InChI=1S/C24H26F3N5O4/c1-4-35-6-5-7-36-22-20(34-3)9-16(10-28-22)18-8-15(2)21-19(30-18)13-32(23(21)33)17-11-29-31(12-17)14-24(25,26)27/h8-13,33H,4-7,14H2,1-3H3.